The molecular weight excluding hydrogens is 415 g/mol. The quantitative estimate of drug-likeness (QED) is 0.630. The summed E-state index contributed by atoms with van der Waals surface area (Å²) in [5.41, 5.74) is 0. The molecule has 9 heteroatoms. The fourth-order valence-electron chi connectivity index (χ4n) is 3.33. The number of rotatable bonds is 9. The molecule has 0 spiro atoms. The summed E-state index contributed by atoms with van der Waals surface area (Å²) in [6, 6.07) is 9.44. The van der Waals surface area contributed by atoms with E-state index in [1.54, 1.807) is 28.4 Å². The highest BCUT2D eigenvalue weighted by Gasteiger charge is 2.35. The molecule has 1 fully saturated rings. The van der Waals surface area contributed by atoms with Crippen molar-refractivity contribution in [2.75, 3.05) is 38.2 Å². The predicted octanol–water partition coefficient (Wildman–Crippen LogP) is 0.997. The number of amides is 1. The first-order valence-corrected chi connectivity index (χ1v) is 12.2. The van der Waals surface area contributed by atoms with Crippen LogP contribution in [0.15, 0.2) is 41.8 Å². The molecule has 2 unspecified atom stereocenters. The van der Waals surface area contributed by atoms with Gasteiger partial charge in [-0.2, -0.15) is 0 Å². The van der Waals surface area contributed by atoms with Crippen LogP contribution >= 0.6 is 11.3 Å². The van der Waals surface area contributed by atoms with Gasteiger partial charge in [0.1, 0.15) is 24.7 Å². The number of carbonyl (C=O) groups excluding carboxylic acids is 1. The highest BCUT2D eigenvalue weighted by atomic mass is 32.2. The largest absolute Gasteiger partial charge is 0.488 e. The Kier molecular flexibility index (Phi) is 7.26. The van der Waals surface area contributed by atoms with Gasteiger partial charge in [-0.05, 0) is 42.1 Å². The minimum absolute atomic E-state index is 0.0385. The zero-order valence-corrected chi connectivity index (χ0v) is 18.0. The molecule has 0 bridgehead atoms. The number of thiophene rings is 1. The van der Waals surface area contributed by atoms with Crippen molar-refractivity contribution in [2.24, 2.45) is 0 Å². The fourth-order valence-corrected chi connectivity index (χ4v) is 5.77. The molecule has 0 aliphatic carbocycles. The average molecular weight is 442 g/mol. The van der Waals surface area contributed by atoms with E-state index >= 15 is 0 Å². The molecule has 1 N–H and O–H groups in total. The lowest BCUT2D eigenvalue weighted by Gasteiger charge is -2.28. The summed E-state index contributed by atoms with van der Waals surface area (Å²) in [4.78, 5) is 16.7. The van der Waals surface area contributed by atoms with E-state index in [1.165, 1.54) is 12.1 Å². The van der Waals surface area contributed by atoms with E-state index < -0.39 is 9.84 Å². The SMILES string of the molecule is C[NH+](CCOc1ccc(F)cc1)CC(=O)N(Cc1cccs1)C1CCS(=O)(=O)C1. The second-order valence-corrected chi connectivity index (χ2v) is 10.6. The molecule has 1 aliphatic rings. The molecule has 1 saturated heterocycles. The van der Waals surface area contributed by atoms with Crippen LogP contribution in [-0.4, -0.2) is 63.5 Å². The Hall–Kier alpha value is -1.97. The van der Waals surface area contributed by atoms with Crippen LogP contribution in [0.1, 0.15) is 11.3 Å². The van der Waals surface area contributed by atoms with Crippen LogP contribution in [0.25, 0.3) is 0 Å². The van der Waals surface area contributed by atoms with Crippen molar-refractivity contribution >= 4 is 27.1 Å². The average Bonchev–Trinajstić information content (AvgIpc) is 3.30. The number of sulfone groups is 1. The van der Waals surface area contributed by atoms with E-state index in [0.717, 1.165) is 9.78 Å². The van der Waals surface area contributed by atoms with Crippen LogP contribution < -0.4 is 9.64 Å². The zero-order valence-electron chi connectivity index (χ0n) is 16.3. The van der Waals surface area contributed by atoms with Gasteiger partial charge in [-0.3, -0.25) is 4.79 Å². The summed E-state index contributed by atoms with van der Waals surface area (Å²) in [6.07, 6.45) is 0.492. The highest BCUT2D eigenvalue weighted by molar-refractivity contribution is 7.91. The number of nitrogens with one attached hydrogen (secondary N) is 1. The second kappa shape index (κ2) is 9.69. The first kappa shape index (κ1) is 21.7. The molecule has 158 valence electrons. The molecule has 2 atom stereocenters. The number of likely N-dealkylation sites (N-methyl/N-ethyl adjacent to an activating group) is 1. The Balaban J connectivity index is 1.54. The number of quaternary nitrogens is 1. The molecule has 2 heterocycles. The van der Waals surface area contributed by atoms with Crippen LogP contribution in [0.3, 0.4) is 0 Å². The van der Waals surface area contributed by atoms with Gasteiger partial charge in [0, 0.05) is 10.9 Å². The standard InChI is InChI=1S/C20H25FN2O4S2/c1-22(9-10-27-18-6-4-16(21)5-7-18)14-20(24)23(13-19-3-2-11-28-19)17-8-12-29(25,26)15-17/h2-7,11,17H,8-10,12-15H2,1H3/p+1. The predicted molar refractivity (Wildman–Crippen MR) is 110 cm³/mol. The van der Waals surface area contributed by atoms with Crippen molar-refractivity contribution in [3.05, 3.63) is 52.5 Å². The van der Waals surface area contributed by atoms with Gasteiger partial charge in [0.15, 0.2) is 16.4 Å². The smallest absolute Gasteiger partial charge is 0.278 e. The summed E-state index contributed by atoms with van der Waals surface area (Å²) in [7, 11) is -1.17. The van der Waals surface area contributed by atoms with E-state index in [4.69, 9.17) is 4.74 Å². The lowest BCUT2D eigenvalue weighted by atomic mass is 10.2. The lowest BCUT2D eigenvalue weighted by Crippen LogP contribution is -3.10. The Morgan fingerprint density at radius 1 is 1.31 bits per heavy atom. The molecule has 1 aromatic heterocycles. The minimum atomic E-state index is -3.07. The van der Waals surface area contributed by atoms with E-state index in [-0.39, 0.29) is 35.8 Å². The van der Waals surface area contributed by atoms with Gasteiger partial charge in [-0.15, -0.1) is 11.3 Å². The second-order valence-electron chi connectivity index (χ2n) is 7.34. The summed E-state index contributed by atoms with van der Waals surface area (Å²) in [5, 5.41) is 1.95. The highest BCUT2D eigenvalue weighted by Crippen LogP contribution is 2.21. The van der Waals surface area contributed by atoms with Gasteiger partial charge in [0.25, 0.3) is 5.91 Å². The number of carbonyl (C=O) groups is 1. The third-order valence-electron chi connectivity index (χ3n) is 4.94. The molecule has 1 amide bonds. The van der Waals surface area contributed by atoms with Gasteiger partial charge < -0.3 is 14.5 Å². The maximum absolute atomic E-state index is 13.0. The van der Waals surface area contributed by atoms with Crippen molar-refractivity contribution in [2.45, 2.75) is 19.0 Å². The molecule has 29 heavy (non-hydrogen) atoms. The summed E-state index contributed by atoms with van der Waals surface area (Å²) < 4.78 is 42.3. The van der Waals surface area contributed by atoms with Gasteiger partial charge in [-0.1, -0.05) is 6.07 Å². The van der Waals surface area contributed by atoms with E-state index in [2.05, 4.69) is 0 Å². The van der Waals surface area contributed by atoms with Gasteiger partial charge >= 0.3 is 0 Å². The van der Waals surface area contributed by atoms with Crippen molar-refractivity contribution in [3.8, 4) is 5.75 Å². The Morgan fingerprint density at radius 2 is 2.07 bits per heavy atom. The summed E-state index contributed by atoms with van der Waals surface area (Å²) in [6.45, 7) is 1.69. The van der Waals surface area contributed by atoms with E-state index in [1.807, 2.05) is 24.6 Å². The van der Waals surface area contributed by atoms with Gasteiger partial charge in [-0.25, -0.2) is 12.8 Å². The number of halogens is 1. The fraction of sp³-hybridized carbons (Fsp3) is 0.450. The number of ether oxygens (including phenoxy) is 1. The molecule has 0 saturated carbocycles. The van der Waals surface area contributed by atoms with E-state index in [0.29, 0.717) is 31.9 Å². The molecule has 3 rings (SSSR count). The number of hydrogen-bond acceptors (Lipinski definition) is 5. The molecule has 1 aromatic carbocycles. The first-order chi connectivity index (χ1) is 13.8. The minimum Gasteiger partial charge on any atom is -0.488 e. The normalized spacial score (nSPS) is 19.0. The molecule has 1 aliphatic heterocycles. The third kappa shape index (κ3) is 6.52. The van der Waals surface area contributed by atoms with Gasteiger partial charge in [0.2, 0.25) is 0 Å². The van der Waals surface area contributed by atoms with Crippen molar-refractivity contribution in [1.29, 1.82) is 0 Å². The Morgan fingerprint density at radius 3 is 2.69 bits per heavy atom. The molecular formula is C20H26FN2O4S2+. The van der Waals surface area contributed by atoms with Gasteiger partial charge in [0.05, 0.1) is 25.1 Å². The summed E-state index contributed by atoms with van der Waals surface area (Å²) >= 11 is 1.56. The molecule has 6 nitrogen and oxygen atoms in total. The van der Waals surface area contributed by atoms with Crippen LogP contribution in [0.4, 0.5) is 4.39 Å². The first-order valence-electron chi connectivity index (χ1n) is 9.54. The number of nitrogens with zero attached hydrogens (tertiary/aromatic N) is 1. The molecule has 2 aromatic rings. The maximum atomic E-state index is 13.0. The van der Waals surface area contributed by atoms with Crippen LogP contribution in [0, 0.1) is 5.82 Å². The van der Waals surface area contributed by atoms with Crippen LogP contribution in [-0.2, 0) is 21.2 Å². The van der Waals surface area contributed by atoms with Crippen molar-refractivity contribution in [3.63, 3.8) is 0 Å². The summed E-state index contributed by atoms with van der Waals surface area (Å²) in [5.74, 6) is 0.392. The Labute approximate surface area is 174 Å². The lowest BCUT2D eigenvalue weighted by molar-refractivity contribution is -0.871. The van der Waals surface area contributed by atoms with Crippen molar-refractivity contribution < 1.29 is 27.2 Å². The van der Waals surface area contributed by atoms with E-state index in [9.17, 15) is 17.6 Å². The monoisotopic (exact) mass is 441 g/mol. The Bertz CT molecular complexity index is 901. The zero-order chi connectivity index (χ0) is 20.9. The van der Waals surface area contributed by atoms with Crippen molar-refractivity contribution in [1.82, 2.24) is 4.90 Å². The van der Waals surface area contributed by atoms with Crippen LogP contribution in [0.2, 0.25) is 0 Å². The third-order valence-corrected chi connectivity index (χ3v) is 7.55. The number of benzene rings is 1. The molecule has 0 radical (unpaired) electrons. The maximum Gasteiger partial charge on any atom is 0.278 e. The number of hydrogen-bond donors (Lipinski definition) is 1. The topological polar surface area (TPSA) is 68.1 Å². The van der Waals surface area contributed by atoms with Crippen LogP contribution in [0.5, 0.6) is 5.75 Å².